The van der Waals surface area contributed by atoms with Crippen LogP contribution in [0.15, 0.2) is 103 Å². The van der Waals surface area contributed by atoms with E-state index < -0.39 is 6.04 Å². The molecule has 0 radical (unpaired) electrons. The van der Waals surface area contributed by atoms with Crippen molar-refractivity contribution in [1.29, 1.82) is 0 Å². The summed E-state index contributed by atoms with van der Waals surface area (Å²) in [5.74, 6) is 0.272. The SMILES string of the molecule is CCCCNC(=O)[C@@H](Cc1ccccc1)N(Cc1ccccc1)C(=O)COc1cccc2ccccc12. The van der Waals surface area contributed by atoms with Crippen molar-refractivity contribution in [3.8, 4) is 5.75 Å². The number of nitrogens with one attached hydrogen (secondary N) is 1. The third-order valence-corrected chi connectivity index (χ3v) is 6.40. The molecule has 0 spiro atoms. The lowest BCUT2D eigenvalue weighted by atomic mass is 10.0. The van der Waals surface area contributed by atoms with E-state index in [2.05, 4.69) is 12.2 Å². The molecule has 190 valence electrons. The molecule has 4 rings (SSSR count). The largest absolute Gasteiger partial charge is 0.483 e. The van der Waals surface area contributed by atoms with E-state index in [4.69, 9.17) is 4.74 Å². The molecule has 0 heterocycles. The van der Waals surface area contributed by atoms with Crippen molar-refractivity contribution >= 4 is 22.6 Å². The van der Waals surface area contributed by atoms with Gasteiger partial charge in [0.15, 0.2) is 6.61 Å². The predicted molar refractivity (Wildman–Crippen MR) is 148 cm³/mol. The lowest BCUT2D eigenvalue weighted by molar-refractivity contribution is -0.142. The Morgan fingerprint density at radius 1 is 0.811 bits per heavy atom. The average Bonchev–Trinajstić information content (AvgIpc) is 2.94. The Morgan fingerprint density at radius 3 is 2.19 bits per heavy atom. The highest BCUT2D eigenvalue weighted by Gasteiger charge is 2.30. The van der Waals surface area contributed by atoms with Crippen LogP contribution in [-0.2, 0) is 22.6 Å². The molecule has 0 saturated heterocycles. The molecule has 0 bridgehead atoms. The topological polar surface area (TPSA) is 58.6 Å². The van der Waals surface area contributed by atoms with Gasteiger partial charge in [-0.3, -0.25) is 9.59 Å². The van der Waals surface area contributed by atoms with Crippen LogP contribution in [0.2, 0.25) is 0 Å². The number of rotatable bonds is 12. The zero-order valence-corrected chi connectivity index (χ0v) is 21.3. The number of carbonyl (C=O) groups is 2. The van der Waals surface area contributed by atoms with E-state index in [0.717, 1.165) is 34.7 Å². The maximum Gasteiger partial charge on any atom is 0.261 e. The van der Waals surface area contributed by atoms with Gasteiger partial charge in [-0.05, 0) is 29.0 Å². The summed E-state index contributed by atoms with van der Waals surface area (Å²) in [6.45, 7) is 2.83. The minimum Gasteiger partial charge on any atom is -0.483 e. The molecular formula is C32H34N2O3. The number of fused-ring (bicyclic) bond motifs is 1. The molecule has 0 aliphatic rings. The van der Waals surface area contributed by atoms with E-state index in [1.54, 1.807) is 4.90 Å². The van der Waals surface area contributed by atoms with E-state index in [9.17, 15) is 9.59 Å². The smallest absolute Gasteiger partial charge is 0.261 e. The Kier molecular flexibility index (Phi) is 9.30. The van der Waals surface area contributed by atoms with Gasteiger partial charge in [0.2, 0.25) is 5.91 Å². The van der Waals surface area contributed by atoms with Gasteiger partial charge < -0.3 is 15.0 Å². The molecule has 1 N–H and O–H groups in total. The summed E-state index contributed by atoms with van der Waals surface area (Å²) < 4.78 is 6.06. The van der Waals surface area contributed by atoms with Gasteiger partial charge in [0.25, 0.3) is 5.91 Å². The molecule has 5 heteroatoms. The van der Waals surface area contributed by atoms with Crippen molar-refractivity contribution < 1.29 is 14.3 Å². The fraction of sp³-hybridized carbons (Fsp3) is 0.250. The highest BCUT2D eigenvalue weighted by Crippen LogP contribution is 2.25. The van der Waals surface area contributed by atoms with E-state index in [0.29, 0.717) is 25.3 Å². The first kappa shape index (κ1) is 26.0. The van der Waals surface area contributed by atoms with Gasteiger partial charge in [0.1, 0.15) is 11.8 Å². The number of amides is 2. The fourth-order valence-electron chi connectivity index (χ4n) is 4.38. The van der Waals surface area contributed by atoms with Crippen LogP contribution < -0.4 is 10.1 Å². The molecular weight excluding hydrogens is 460 g/mol. The predicted octanol–water partition coefficient (Wildman–Crippen LogP) is 5.78. The van der Waals surface area contributed by atoms with Gasteiger partial charge in [-0.2, -0.15) is 0 Å². The second-order valence-corrected chi connectivity index (χ2v) is 9.12. The van der Waals surface area contributed by atoms with E-state index in [1.165, 1.54) is 0 Å². The zero-order valence-electron chi connectivity index (χ0n) is 21.3. The molecule has 4 aromatic carbocycles. The molecule has 4 aromatic rings. The fourth-order valence-corrected chi connectivity index (χ4v) is 4.38. The van der Waals surface area contributed by atoms with Gasteiger partial charge in [-0.15, -0.1) is 0 Å². The van der Waals surface area contributed by atoms with Crippen molar-refractivity contribution in [3.63, 3.8) is 0 Å². The van der Waals surface area contributed by atoms with Crippen molar-refractivity contribution in [2.75, 3.05) is 13.2 Å². The van der Waals surface area contributed by atoms with Crippen LogP contribution >= 0.6 is 0 Å². The van der Waals surface area contributed by atoms with Crippen molar-refractivity contribution in [3.05, 3.63) is 114 Å². The molecule has 0 fully saturated rings. The maximum absolute atomic E-state index is 13.7. The number of benzene rings is 4. The molecule has 0 unspecified atom stereocenters. The third-order valence-electron chi connectivity index (χ3n) is 6.40. The number of hydrogen-bond donors (Lipinski definition) is 1. The van der Waals surface area contributed by atoms with Crippen molar-refractivity contribution in [1.82, 2.24) is 10.2 Å². The summed E-state index contributed by atoms with van der Waals surface area (Å²) in [6.07, 6.45) is 2.29. The van der Waals surface area contributed by atoms with Crippen LogP contribution in [0.4, 0.5) is 0 Å². The average molecular weight is 495 g/mol. The highest BCUT2D eigenvalue weighted by atomic mass is 16.5. The van der Waals surface area contributed by atoms with E-state index in [-0.39, 0.29) is 18.4 Å². The van der Waals surface area contributed by atoms with Crippen LogP contribution in [0.25, 0.3) is 10.8 Å². The Labute approximate surface area is 219 Å². The second kappa shape index (κ2) is 13.3. The minimum atomic E-state index is -0.664. The van der Waals surface area contributed by atoms with E-state index >= 15 is 0 Å². The van der Waals surface area contributed by atoms with Gasteiger partial charge in [0, 0.05) is 24.9 Å². The lowest BCUT2D eigenvalue weighted by Crippen LogP contribution is -2.51. The Hall–Kier alpha value is -4.12. The third kappa shape index (κ3) is 7.20. The summed E-state index contributed by atoms with van der Waals surface area (Å²) in [6, 6.07) is 32.7. The Bertz CT molecular complexity index is 1290. The molecule has 2 amide bonds. The quantitative estimate of drug-likeness (QED) is 0.254. The molecule has 0 aliphatic carbocycles. The minimum absolute atomic E-state index is 0.147. The first-order valence-electron chi connectivity index (χ1n) is 12.9. The van der Waals surface area contributed by atoms with Crippen molar-refractivity contribution in [2.45, 2.75) is 38.8 Å². The van der Waals surface area contributed by atoms with Crippen LogP contribution in [0.1, 0.15) is 30.9 Å². The standard InChI is InChI=1S/C32H34N2O3/c1-2-3-21-33-32(36)29(22-25-13-6-4-7-14-25)34(23-26-15-8-5-9-16-26)31(35)24-37-30-20-12-18-27-17-10-11-19-28(27)30/h4-20,29H,2-3,21-24H2,1H3,(H,33,36)/t29-/m1/s1. The summed E-state index contributed by atoms with van der Waals surface area (Å²) in [4.78, 5) is 28.9. The van der Waals surface area contributed by atoms with Crippen LogP contribution in [-0.4, -0.2) is 35.9 Å². The second-order valence-electron chi connectivity index (χ2n) is 9.12. The molecule has 0 aliphatic heterocycles. The highest BCUT2D eigenvalue weighted by molar-refractivity contribution is 5.90. The summed E-state index contributed by atoms with van der Waals surface area (Å²) in [5.41, 5.74) is 1.96. The molecule has 37 heavy (non-hydrogen) atoms. The van der Waals surface area contributed by atoms with Crippen LogP contribution in [0.5, 0.6) is 5.75 Å². The molecule has 0 saturated carbocycles. The summed E-state index contributed by atoms with van der Waals surface area (Å²) in [7, 11) is 0. The van der Waals surface area contributed by atoms with Gasteiger partial charge in [-0.1, -0.05) is 110 Å². The Balaban J connectivity index is 1.61. The number of hydrogen-bond acceptors (Lipinski definition) is 3. The summed E-state index contributed by atoms with van der Waals surface area (Å²) in [5, 5.41) is 5.05. The molecule has 1 atom stereocenters. The first-order valence-corrected chi connectivity index (χ1v) is 12.9. The maximum atomic E-state index is 13.7. The number of ether oxygens (including phenoxy) is 1. The van der Waals surface area contributed by atoms with Crippen LogP contribution in [0.3, 0.4) is 0 Å². The number of unbranched alkanes of at least 4 members (excludes halogenated alkanes) is 1. The normalized spacial score (nSPS) is 11.6. The molecule has 5 nitrogen and oxygen atoms in total. The molecule has 0 aromatic heterocycles. The van der Waals surface area contributed by atoms with Crippen LogP contribution in [0, 0.1) is 0 Å². The Morgan fingerprint density at radius 2 is 1.46 bits per heavy atom. The zero-order chi connectivity index (χ0) is 25.9. The number of carbonyl (C=O) groups excluding carboxylic acids is 2. The van der Waals surface area contributed by atoms with E-state index in [1.807, 2.05) is 103 Å². The first-order chi connectivity index (χ1) is 18.2. The van der Waals surface area contributed by atoms with Gasteiger partial charge in [-0.25, -0.2) is 0 Å². The lowest BCUT2D eigenvalue weighted by Gasteiger charge is -2.31. The summed E-state index contributed by atoms with van der Waals surface area (Å²) >= 11 is 0. The monoisotopic (exact) mass is 494 g/mol. The number of nitrogens with zero attached hydrogens (tertiary/aromatic N) is 1. The van der Waals surface area contributed by atoms with Crippen molar-refractivity contribution in [2.24, 2.45) is 0 Å². The van der Waals surface area contributed by atoms with Gasteiger partial charge in [0.05, 0.1) is 0 Å². The van der Waals surface area contributed by atoms with Gasteiger partial charge >= 0.3 is 0 Å².